The summed E-state index contributed by atoms with van der Waals surface area (Å²) < 4.78 is 51.3. The van der Waals surface area contributed by atoms with Gasteiger partial charge < -0.3 is 18.9 Å². The number of hydrogen-bond acceptors (Lipinski definition) is 6. The molecule has 0 saturated carbocycles. The van der Waals surface area contributed by atoms with E-state index in [1.165, 1.54) is 0 Å². The molecule has 5 rings (SSSR count). The average molecular weight is 444 g/mol. The zero-order valence-electron chi connectivity index (χ0n) is 18.0. The molecule has 2 aliphatic rings. The summed E-state index contributed by atoms with van der Waals surface area (Å²) in [4.78, 5) is 0.362. The lowest BCUT2D eigenvalue weighted by atomic mass is 9.92. The molecule has 3 aromatic carbocycles. The van der Waals surface area contributed by atoms with Crippen LogP contribution >= 0.6 is 0 Å². The molecule has 0 N–H and O–H groups in total. The molecule has 164 valence electrons. The van der Waals surface area contributed by atoms with E-state index in [0.29, 0.717) is 46.2 Å². The number of fused-ring (bicyclic) bond motifs is 7. The van der Waals surface area contributed by atoms with Crippen LogP contribution in [0.3, 0.4) is 0 Å². The van der Waals surface area contributed by atoms with Crippen LogP contribution in [0.4, 0.5) is 0 Å². The van der Waals surface area contributed by atoms with Gasteiger partial charge in [-0.15, -0.1) is 0 Å². The lowest BCUT2D eigenvalue weighted by molar-refractivity contribution is 0.355. The quantitative estimate of drug-likeness (QED) is 0.572. The maximum absolute atomic E-state index is 13.8. The Morgan fingerprint density at radius 2 is 1.26 bits per heavy atom. The van der Waals surface area contributed by atoms with E-state index in [2.05, 4.69) is 0 Å². The Kier molecular flexibility index (Phi) is 4.67. The van der Waals surface area contributed by atoms with Gasteiger partial charge in [-0.1, -0.05) is 0 Å². The van der Waals surface area contributed by atoms with Crippen LogP contribution in [0.1, 0.15) is 18.4 Å². The van der Waals surface area contributed by atoms with Crippen molar-refractivity contribution in [1.82, 2.24) is 4.31 Å². The molecule has 0 amide bonds. The molecule has 0 spiro atoms. The van der Waals surface area contributed by atoms with Crippen molar-refractivity contribution in [1.29, 1.82) is 0 Å². The second-order valence-corrected chi connectivity index (χ2v) is 9.76. The summed E-state index contributed by atoms with van der Waals surface area (Å²) in [5.74, 6) is 2.20. The first-order valence-electron chi connectivity index (χ1n) is 10.2. The number of ether oxygens (including phenoxy) is 4. The Morgan fingerprint density at radius 1 is 0.774 bits per heavy atom. The molecule has 7 nitrogen and oxygen atoms in total. The first-order chi connectivity index (χ1) is 14.9. The monoisotopic (exact) mass is 443 g/mol. The molecule has 1 fully saturated rings. The second kappa shape index (κ2) is 7.17. The molecule has 0 aliphatic carbocycles. The minimum Gasteiger partial charge on any atom is -0.493 e. The molecule has 0 unspecified atom stereocenters. The fourth-order valence-corrected chi connectivity index (χ4v) is 7.23. The summed E-state index contributed by atoms with van der Waals surface area (Å²) in [6.45, 7) is 0.561. The molecule has 0 radical (unpaired) electrons. The van der Waals surface area contributed by atoms with Crippen molar-refractivity contribution in [2.24, 2.45) is 0 Å². The van der Waals surface area contributed by atoms with E-state index >= 15 is 0 Å². The second-order valence-electron chi connectivity index (χ2n) is 7.93. The van der Waals surface area contributed by atoms with Gasteiger partial charge in [0.1, 0.15) is 0 Å². The summed E-state index contributed by atoms with van der Waals surface area (Å²) in [6.07, 6.45) is 2.42. The molecule has 3 aromatic rings. The van der Waals surface area contributed by atoms with Crippen LogP contribution in [0.5, 0.6) is 23.0 Å². The van der Waals surface area contributed by atoms with Gasteiger partial charge in [0, 0.05) is 18.0 Å². The normalized spacial score (nSPS) is 19.8. The predicted octanol–water partition coefficient (Wildman–Crippen LogP) is 3.74. The number of methoxy groups -OCH3 is 4. The summed E-state index contributed by atoms with van der Waals surface area (Å²) in [5.41, 5.74) is 0.832. The number of hydrogen-bond donors (Lipinski definition) is 0. The standard InChI is InChI=1S/C23H25NO6S/c1-27-19-9-14-15(10-20(19)28-2)17-8-13-6-5-7-24(13)31(25,26)23(17)18-12-22(30-4)21(29-3)11-16(14)18/h9-13H,5-8H2,1-4H3/t13-/m0/s1. The molecular formula is C23H25NO6S. The van der Waals surface area contributed by atoms with Gasteiger partial charge in [-0.2, -0.15) is 4.31 Å². The minimum atomic E-state index is -3.65. The van der Waals surface area contributed by atoms with Crippen molar-refractivity contribution in [3.63, 3.8) is 0 Å². The van der Waals surface area contributed by atoms with Crippen LogP contribution in [-0.2, 0) is 16.4 Å². The molecule has 0 aromatic heterocycles. The highest BCUT2D eigenvalue weighted by Gasteiger charge is 2.43. The van der Waals surface area contributed by atoms with Crippen LogP contribution < -0.4 is 18.9 Å². The summed E-state index contributed by atoms with van der Waals surface area (Å²) in [7, 11) is 2.64. The van der Waals surface area contributed by atoms with E-state index in [4.69, 9.17) is 18.9 Å². The van der Waals surface area contributed by atoms with Crippen molar-refractivity contribution in [3.05, 3.63) is 29.8 Å². The van der Waals surface area contributed by atoms with Crippen LogP contribution in [0, 0.1) is 0 Å². The topological polar surface area (TPSA) is 74.3 Å². The molecule has 0 bridgehead atoms. The molecule has 31 heavy (non-hydrogen) atoms. The number of rotatable bonds is 4. The minimum absolute atomic E-state index is 0.00797. The van der Waals surface area contributed by atoms with Crippen LogP contribution in [0.15, 0.2) is 29.2 Å². The zero-order valence-corrected chi connectivity index (χ0v) is 18.8. The highest BCUT2D eigenvalue weighted by atomic mass is 32.2. The van der Waals surface area contributed by atoms with Gasteiger partial charge in [-0.25, -0.2) is 8.42 Å². The molecule has 1 atom stereocenters. The molecule has 1 saturated heterocycles. The fourth-order valence-electron chi connectivity index (χ4n) is 5.11. The van der Waals surface area contributed by atoms with Crippen LogP contribution in [0.2, 0.25) is 0 Å². The third-order valence-corrected chi connectivity index (χ3v) is 8.59. The van der Waals surface area contributed by atoms with Gasteiger partial charge in [0.15, 0.2) is 23.0 Å². The van der Waals surface area contributed by atoms with E-state index in [1.54, 1.807) is 38.8 Å². The van der Waals surface area contributed by atoms with Crippen molar-refractivity contribution >= 4 is 31.6 Å². The van der Waals surface area contributed by atoms with Gasteiger partial charge in [0.2, 0.25) is 10.0 Å². The number of nitrogens with zero attached hydrogens (tertiary/aromatic N) is 1. The van der Waals surface area contributed by atoms with Gasteiger partial charge in [0.05, 0.1) is 33.3 Å². The fraction of sp³-hybridized carbons (Fsp3) is 0.391. The smallest absolute Gasteiger partial charge is 0.244 e. The first-order valence-corrected chi connectivity index (χ1v) is 11.7. The highest BCUT2D eigenvalue weighted by molar-refractivity contribution is 7.89. The van der Waals surface area contributed by atoms with E-state index in [9.17, 15) is 8.42 Å². The third kappa shape index (κ3) is 2.78. The maximum Gasteiger partial charge on any atom is 0.244 e. The highest BCUT2D eigenvalue weighted by Crippen LogP contribution is 2.48. The largest absolute Gasteiger partial charge is 0.493 e. The summed E-state index contributed by atoms with van der Waals surface area (Å²) in [6, 6.07) is 7.41. The van der Waals surface area contributed by atoms with Gasteiger partial charge >= 0.3 is 0 Å². The van der Waals surface area contributed by atoms with Crippen molar-refractivity contribution < 1.29 is 27.4 Å². The Hall–Kier alpha value is -2.71. The molecule has 8 heteroatoms. The van der Waals surface area contributed by atoms with Gasteiger partial charge in [0.25, 0.3) is 0 Å². The van der Waals surface area contributed by atoms with Crippen molar-refractivity contribution in [3.8, 4) is 23.0 Å². The lowest BCUT2D eigenvalue weighted by Crippen LogP contribution is -2.41. The van der Waals surface area contributed by atoms with E-state index in [1.807, 2.05) is 18.2 Å². The first kappa shape index (κ1) is 20.2. The lowest BCUT2D eigenvalue weighted by Gasteiger charge is -2.33. The van der Waals surface area contributed by atoms with E-state index in [-0.39, 0.29) is 6.04 Å². The molecule has 2 aliphatic heterocycles. The Balaban J connectivity index is 2.00. The Labute approximate surface area is 181 Å². The molecule has 2 heterocycles. The van der Waals surface area contributed by atoms with Gasteiger partial charge in [-0.3, -0.25) is 0 Å². The third-order valence-electron chi connectivity index (χ3n) is 6.51. The Morgan fingerprint density at radius 3 is 1.81 bits per heavy atom. The Bertz CT molecular complexity index is 1320. The average Bonchev–Trinajstić information content (AvgIpc) is 3.26. The maximum atomic E-state index is 13.8. The van der Waals surface area contributed by atoms with Crippen LogP contribution in [0.25, 0.3) is 21.5 Å². The van der Waals surface area contributed by atoms with Crippen molar-refractivity contribution in [2.75, 3.05) is 35.0 Å². The van der Waals surface area contributed by atoms with Crippen LogP contribution in [-0.4, -0.2) is 53.7 Å². The molecular weight excluding hydrogens is 418 g/mol. The SMILES string of the molecule is COc1cc2c3c(c4cc(OC)c(OC)cc4c2cc1OC)S(=O)(=O)N1CCC[C@H]1C3. The summed E-state index contributed by atoms with van der Waals surface area (Å²) >= 11 is 0. The van der Waals surface area contributed by atoms with E-state index in [0.717, 1.165) is 34.6 Å². The number of sulfonamides is 1. The van der Waals surface area contributed by atoms with Crippen molar-refractivity contribution in [2.45, 2.75) is 30.2 Å². The number of benzene rings is 3. The zero-order chi connectivity index (χ0) is 21.9. The van der Waals surface area contributed by atoms with E-state index < -0.39 is 10.0 Å². The predicted molar refractivity (Wildman–Crippen MR) is 118 cm³/mol. The summed E-state index contributed by atoms with van der Waals surface area (Å²) in [5, 5.41) is 3.17. The van der Waals surface area contributed by atoms with Gasteiger partial charge in [-0.05, 0) is 65.3 Å².